The molecule has 0 radical (unpaired) electrons. The van der Waals surface area contributed by atoms with Crippen LogP contribution in [0, 0.1) is 0 Å². The van der Waals surface area contributed by atoms with Crippen molar-refractivity contribution in [3.63, 3.8) is 0 Å². The molecular formula is C63H104NO8P. The van der Waals surface area contributed by atoms with E-state index >= 15 is 0 Å². The first-order valence-electron chi connectivity index (χ1n) is 28.7. The van der Waals surface area contributed by atoms with Crippen LogP contribution in [0.4, 0.5) is 0 Å². The van der Waals surface area contributed by atoms with Crippen LogP contribution in [0.3, 0.4) is 0 Å². The van der Waals surface area contributed by atoms with Crippen molar-refractivity contribution in [1.29, 1.82) is 0 Å². The Hall–Kier alpha value is -3.85. The SMILES string of the molecule is CC/C=C\C/C=C\C/C=C\C/C=C\C/C=C\C/C=C\CCCCCCCCCCCCCCC(=O)OC(COC(=O)CCCCCCC/C=C\C/C=C\C/C=C\C/C=C\C/C=C\CC)COP(=O)(O)OCCN. The normalized spacial score (nSPS) is 14.1. The third-order valence-electron chi connectivity index (χ3n) is 11.5. The molecule has 0 aliphatic rings. The Morgan fingerprint density at radius 2 is 0.712 bits per heavy atom. The lowest BCUT2D eigenvalue weighted by atomic mass is 10.0. The van der Waals surface area contributed by atoms with Gasteiger partial charge in [0.25, 0.3) is 0 Å². The first kappa shape index (κ1) is 69.2. The number of esters is 2. The third kappa shape index (κ3) is 57.3. The highest BCUT2D eigenvalue weighted by Crippen LogP contribution is 2.43. The fourth-order valence-corrected chi connectivity index (χ4v) is 8.14. The average Bonchev–Trinajstić information content (AvgIpc) is 3.38. The van der Waals surface area contributed by atoms with E-state index in [4.69, 9.17) is 24.3 Å². The van der Waals surface area contributed by atoms with Crippen LogP contribution in [0.15, 0.2) is 134 Å². The Kier molecular flexibility index (Phi) is 54.4. The molecule has 0 rings (SSSR count). The molecule has 3 N–H and O–H groups in total. The van der Waals surface area contributed by atoms with Gasteiger partial charge < -0.3 is 20.1 Å². The van der Waals surface area contributed by atoms with Gasteiger partial charge in [-0.25, -0.2) is 4.57 Å². The summed E-state index contributed by atoms with van der Waals surface area (Å²) in [6.07, 6.45) is 80.7. The van der Waals surface area contributed by atoms with Crippen LogP contribution in [0.25, 0.3) is 0 Å². The number of unbranched alkanes of at least 4 members (excludes halogenated alkanes) is 17. The highest BCUT2D eigenvalue weighted by atomic mass is 31.2. The number of ether oxygens (including phenoxy) is 2. The quantitative estimate of drug-likeness (QED) is 0.0264. The number of hydrogen-bond acceptors (Lipinski definition) is 8. The zero-order valence-electron chi connectivity index (χ0n) is 46.1. The second-order valence-corrected chi connectivity index (χ2v) is 19.8. The molecule has 0 saturated carbocycles. The number of phosphoric ester groups is 1. The maximum atomic E-state index is 12.7. The maximum Gasteiger partial charge on any atom is 0.472 e. The number of carbonyl (C=O) groups is 2. The third-order valence-corrected chi connectivity index (χ3v) is 12.5. The van der Waals surface area contributed by atoms with Gasteiger partial charge in [0.05, 0.1) is 13.2 Å². The van der Waals surface area contributed by atoms with Crippen LogP contribution < -0.4 is 5.73 Å². The predicted molar refractivity (Wildman–Crippen MR) is 311 cm³/mol. The number of carbonyl (C=O) groups excluding carboxylic acids is 2. The summed E-state index contributed by atoms with van der Waals surface area (Å²) in [6, 6.07) is 0. The number of hydrogen-bond donors (Lipinski definition) is 2. The van der Waals surface area contributed by atoms with Crippen LogP contribution in [-0.2, 0) is 32.7 Å². The molecular weight excluding hydrogens is 930 g/mol. The van der Waals surface area contributed by atoms with Crippen molar-refractivity contribution in [3.05, 3.63) is 134 Å². The molecule has 0 heterocycles. The van der Waals surface area contributed by atoms with Crippen LogP contribution in [0.1, 0.15) is 219 Å². The first-order chi connectivity index (χ1) is 35.8. The Morgan fingerprint density at radius 1 is 0.411 bits per heavy atom. The summed E-state index contributed by atoms with van der Waals surface area (Å²) in [7, 11) is -4.40. The zero-order chi connectivity index (χ0) is 53.1. The molecule has 0 aromatic carbocycles. The highest BCUT2D eigenvalue weighted by molar-refractivity contribution is 7.47. The molecule has 0 bridgehead atoms. The number of phosphoric acid groups is 1. The van der Waals surface area contributed by atoms with Crippen molar-refractivity contribution < 1.29 is 37.6 Å². The van der Waals surface area contributed by atoms with Crippen molar-refractivity contribution in [2.75, 3.05) is 26.4 Å². The van der Waals surface area contributed by atoms with Gasteiger partial charge in [-0.3, -0.25) is 18.6 Å². The Balaban J connectivity index is 4.04. The van der Waals surface area contributed by atoms with E-state index in [1.165, 1.54) is 57.8 Å². The summed E-state index contributed by atoms with van der Waals surface area (Å²) in [4.78, 5) is 35.2. The summed E-state index contributed by atoms with van der Waals surface area (Å²) >= 11 is 0. The Bertz CT molecular complexity index is 1650. The van der Waals surface area contributed by atoms with Crippen molar-refractivity contribution in [2.45, 2.75) is 225 Å². The van der Waals surface area contributed by atoms with E-state index in [2.05, 4.69) is 148 Å². The van der Waals surface area contributed by atoms with Gasteiger partial charge in [0.1, 0.15) is 6.61 Å². The standard InChI is InChI=1S/C63H104NO8P/c1-3-5-7-9-11-13-15-17-19-21-23-25-26-27-28-29-30-31-32-33-34-36-38-40-42-44-46-48-50-52-54-56-63(66)72-61(60-71-73(67,68)70-58-57-64)59-69-62(65)55-53-51-49-47-45-43-41-39-37-35-24-22-20-18-16-14-12-10-8-6-4-2/h5-8,11-14,17-20,23-25,27-28,30-31,35,39,41,61H,3-4,9-10,15-16,21-22,26,29,32-34,36-38,40,42-60,64H2,1-2H3,(H,67,68)/b7-5-,8-6-,13-11-,14-12-,19-17-,20-18-,25-23-,28-27-,31-30-,35-24-,41-39-. The van der Waals surface area contributed by atoms with E-state index in [9.17, 15) is 19.0 Å². The fourth-order valence-electron chi connectivity index (χ4n) is 7.37. The van der Waals surface area contributed by atoms with Gasteiger partial charge in [0.15, 0.2) is 6.10 Å². The molecule has 0 aliphatic heterocycles. The molecule has 0 spiro atoms. The van der Waals surface area contributed by atoms with Crippen LogP contribution in [-0.4, -0.2) is 49.3 Å². The van der Waals surface area contributed by atoms with Gasteiger partial charge >= 0.3 is 19.8 Å². The van der Waals surface area contributed by atoms with Gasteiger partial charge in [-0.05, 0) is 109 Å². The summed E-state index contributed by atoms with van der Waals surface area (Å²) in [5, 5.41) is 0. The summed E-state index contributed by atoms with van der Waals surface area (Å²) in [6.45, 7) is 3.48. The largest absolute Gasteiger partial charge is 0.472 e. The van der Waals surface area contributed by atoms with Crippen molar-refractivity contribution >= 4 is 19.8 Å². The van der Waals surface area contributed by atoms with E-state index in [1.807, 2.05) is 0 Å². The van der Waals surface area contributed by atoms with Crippen molar-refractivity contribution in [1.82, 2.24) is 0 Å². The number of nitrogens with two attached hydrogens (primary N) is 1. The lowest BCUT2D eigenvalue weighted by Crippen LogP contribution is -2.29. The lowest BCUT2D eigenvalue weighted by Gasteiger charge is -2.19. The minimum Gasteiger partial charge on any atom is -0.462 e. The lowest BCUT2D eigenvalue weighted by molar-refractivity contribution is -0.161. The van der Waals surface area contributed by atoms with E-state index < -0.39 is 32.5 Å². The second kappa shape index (κ2) is 57.4. The van der Waals surface area contributed by atoms with Gasteiger partial charge in [-0.2, -0.15) is 0 Å². The molecule has 414 valence electrons. The molecule has 0 amide bonds. The molecule has 0 aliphatic carbocycles. The minimum absolute atomic E-state index is 0.0432. The highest BCUT2D eigenvalue weighted by Gasteiger charge is 2.26. The van der Waals surface area contributed by atoms with Crippen LogP contribution >= 0.6 is 7.82 Å². The molecule has 0 saturated heterocycles. The van der Waals surface area contributed by atoms with Gasteiger partial charge in [-0.15, -0.1) is 0 Å². The van der Waals surface area contributed by atoms with Crippen molar-refractivity contribution in [2.24, 2.45) is 5.73 Å². The summed E-state index contributed by atoms with van der Waals surface area (Å²) < 4.78 is 33.0. The van der Waals surface area contributed by atoms with E-state index in [-0.39, 0.29) is 32.6 Å². The number of rotatable bonds is 52. The number of allylic oxidation sites excluding steroid dienone is 22. The van der Waals surface area contributed by atoms with E-state index in [1.54, 1.807) is 0 Å². The topological polar surface area (TPSA) is 134 Å². The monoisotopic (exact) mass is 1030 g/mol. The summed E-state index contributed by atoms with van der Waals surface area (Å²) in [5.41, 5.74) is 5.38. The van der Waals surface area contributed by atoms with Gasteiger partial charge in [0.2, 0.25) is 0 Å². The van der Waals surface area contributed by atoms with Crippen molar-refractivity contribution in [3.8, 4) is 0 Å². The molecule has 0 fully saturated rings. The average molecular weight is 1030 g/mol. The molecule has 10 heteroatoms. The van der Waals surface area contributed by atoms with Gasteiger partial charge in [-0.1, -0.05) is 231 Å². The molecule has 73 heavy (non-hydrogen) atoms. The molecule has 2 unspecified atom stereocenters. The molecule has 9 nitrogen and oxygen atoms in total. The Morgan fingerprint density at radius 3 is 1.05 bits per heavy atom. The van der Waals surface area contributed by atoms with Crippen LogP contribution in [0.2, 0.25) is 0 Å². The fraction of sp³-hybridized carbons (Fsp3) is 0.619. The second-order valence-electron chi connectivity index (χ2n) is 18.4. The van der Waals surface area contributed by atoms with E-state index in [0.717, 1.165) is 122 Å². The van der Waals surface area contributed by atoms with Gasteiger partial charge in [0, 0.05) is 19.4 Å². The molecule has 0 aromatic heterocycles. The zero-order valence-corrected chi connectivity index (χ0v) is 47.0. The van der Waals surface area contributed by atoms with Crippen LogP contribution in [0.5, 0.6) is 0 Å². The summed E-state index contributed by atoms with van der Waals surface area (Å²) in [5.74, 6) is -0.860. The maximum absolute atomic E-state index is 12.7. The minimum atomic E-state index is -4.40. The Labute approximate surface area is 446 Å². The van der Waals surface area contributed by atoms with E-state index in [0.29, 0.717) is 12.8 Å². The first-order valence-corrected chi connectivity index (χ1v) is 30.2. The smallest absolute Gasteiger partial charge is 0.462 e. The molecule has 2 atom stereocenters. The predicted octanol–water partition coefficient (Wildman–Crippen LogP) is 18.2. The molecule has 0 aromatic rings.